The normalized spacial score (nSPS) is 13.0. The van der Waals surface area contributed by atoms with Crippen molar-refractivity contribution < 1.29 is 0 Å². The van der Waals surface area contributed by atoms with Crippen molar-refractivity contribution >= 4 is 5.82 Å². The molecular formula is C7H11N3O2. The minimum Gasteiger partial charge on any atom is -0.385 e. The molecule has 0 amide bonds. The molecule has 0 spiro atoms. The first kappa shape index (κ1) is 8.58. The Balaban J connectivity index is 0.000000200. The van der Waals surface area contributed by atoms with Crippen LogP contribution in [0, 0.1) is 0 Å². The van der Waals surface area contributed by atoms with Crippen LogP contribution in [0.5, 0.6) is 0 Å². The van der Waals surface area contributed by atoms with E-state index in [4.69, 9.17) is 5.73 Å². The Bertz CT molecular complexity index is 319. The zero-order valence-electron chi connectivity index (χ0n) is 6.59. The lowest BCUT2D eigenvalue weighted by Gasteiger charge is -1.85. The van der Waals surface area contributed by atoms with Gasteiger partial charge in [0, 0.05) is 6.07 Å². The lowest BCUT2D eigenvalue weighted by molar-refractivity contribution is 1.05. The van der Waals surface area contributed by atoms with Crippen LogP contribution in [0.2, 0.25) is 0 Å². The molecule has 0 saturated heterocycles. The van der Waals surface area contributed by atoms with Crippen LogP contribution in [-0.4, -0.2) is 9.97 Å². The first-order valence-electron chi connectivity index (χ1n) is 3.77. The average molecular weight is 169 g/mol. The van der Waals surface area contributed by atoms with Crippen molar-refractivity contribution in [3.05, 3.63) is 26.9 Å². The second kappa shape index (κ2) is 3.75. The minimum absolute atomic E-state index is 0.0729. The van der Waals surface area contributed by atoms with Crippen molar-refractivity contribution in [3.8, 4) is 0 Å². The summed E-state index contributed by atoms with van der Waals surface area (Å²) in [5.74, 6) is 0.0729. The van der Waals surface area contributed by atoms with Crippen molar-refractivity contribution in [1.82, 2.24) is 9.97 Å². The lowest BCUT2D eigenvalue weighted by Crippen LogP contribution is -2.22. The summed E-state index contributed by atoms with van der Waals surface area (Å²) < 4.78 is 0. The molecule has 1 fully saturated rings. The molecule has 5 nitrogen and oxygen atoms in total. The van der Waals surface area contributed by atoms with Crippen LogP contribution < -0.4 is 17.0 Å². The number of aromatic amines is 2. The highest BCUT2D eigenvalue weighted by Crippen LogP contribution is 2.14. The Labute approximate surface area is 68.6 Å². The third kappa shape index (κ3) is 3.60. The molecule has 0 radical (unpaired) electrons. The standard InChI is InChI=1S/C4H5N3O2.C3H6/c5-2-1-3(8)7-4(9)6-2;1-2-3-1/h1H,(H4,5,6,7,8,9);1-3H2. The van der Waals surface area contributed by atoms with E-state index in [2.05, 4.69) is 4.98 Å². The van der Waals surface area contributed by atoms with Crippen molar-refractivity contribution in [1.29, 1.82) is 0 Å². The van der Waals surface area contributed by atoms with Crippen molar-refractivity contribution in [3.63, 3.8) is 0 Å². The van der Waals surface area contributed by atoms with Gasteiger partial charge in [0.15, 0.2) is 0 Å². The van der Waals surface area contributed by atoms with E-state index in [-0.39, 0.29) is 5.82 Å². The molecule has 66 valence electrons. The van der Waals surface area contributed by atoms with Gasteiger partial charge in [0.25, 0.3) is 5.56 Å². The Kier molecular flexibility index (Phi) is 2.68. The number of nitrogen functional groups attached to an aromatic ring is 1. The summed E-state index contributed by atoms with van der Waals surface area (Å²) in [5.41, 5.74) is 4.01. The quantitative estimate of drug-likeness (QED) is 0.503. The molecule has 1 aromatic heterocycles. The van der Waals surface area contributed by atoms with E-state index < -0.39 is 11.2 Å². The van der Waals surface area contributed by atoms with Crippen LogP contribution in [0.25, 0.3) is 0 Å². The summed E-state index contributed by atoms with van der Waals surface area (Å²) >= 11 is 0. The molecule has 0 bridgehead atoms. The van der Waals surface area contributed by atoms with Crippen molar-refractivity contribution in [2.24, 2.45) is 0 Å². The van der Waals surface area contributed by atoms with Gasteiger partial charge < -0.3 is 5.73 Å². The second-order valence-corrected chi connectivity index (χ2v) is 2.60. The number of anilines is 1. The SMILES string of the molecule is C1CC1.Nc1cc(=O)[nH]c(=O)[nH]1. The van der Waals surface area contributed by atoms with E-state index in [1.165, 1.54) is 19.3 Å². The highest BCUT2D eigenvalue weighted by Gasteiger charge is 1.95. The van der Waals surface area contributed by atoms with Crippen molar-refractivity contribution in [2.45, 2.75) is 19.3 Å². The predicted molar refractivity (Wildman–Crippen MR) is 45.9 cm³/mol. The Morgan fingerprint density at radius 1 is 1.17 bits per heavy atom. The van der Waals surface area contributed by atoms with E-state index in [1.54, 1.807) is 0 Å². The summed E-state index contributed by atoms with van der Waals surface area (Å²) in [4.78, 5) is 24.8. The Morgan fingerprint density at radius 2 is 1.75 bits per heavy atom. The van der Waals surface area contributed by atoms with Crippen LogP contribution in [0.4, 0.5) is 5.82 Å². The van der Waals surface area contributed by atoms with Crippen LogP contribution in [-0.2, 0) is 0 Å². The van der Waals surface area contributed by atoms with Gasteiger partial charge in [0.1, 0.15) is 5.82 Å². The predicted octanol–water partition coefficient (Wildman–Crippen LogP) is -0.184. The van der Waals surface area contributed by atoms with Gasteiger partial charge in [-0.1, -0.05) is 19.3 Å². The first-order valence-corrected chi connectivity index (χ1v) is 3.77. The molecule has 1 aliphatic rings. The molecule has 1 heterocycles. The topological polar surface area (TPSA) is 91.7 Å². The Hall–Kier alpha value is -1.52. The van der Waals surface area contributed by atoms with E-state index in [1.807, 2.05) is 4.98 Å². The molecule has 0 atom stereocenters. The summed E-state index contributed by atoms with van der Waals surface area (Å²) in [6, 6.07) is 1.10. The molecule has 1 saturated carbocycles. The number of nitrogens with two attached hydrogens (primary N) is 1. The molecule has 12 heavy (non-hydrogen) atoms. The summed E-state index contributed by atoms with van der Waals surface area (Å²) in [6.07, 6.45) is 4.50. The minimum atomic E-state index is -0.583. The number of rotatable bonds is 0. The third-order valence-electron chi connectivity index (χ3n) is 1.13. The fourth-order valence-corrected chi connectivity index (χ4v) is 0.488. The molecule has 0 unspecified atom stereocenters. The largest absolute Gasteiger partial charge is 0.385 e. The summed E-state index contributed by atoms with van der Waals surface area (Å²) in [5, 5.41) is 0. The smallest absolute Gasteiger partial charge is 0.327 e. The van der Waals surface area contributed by atoms with E-state index in [0.29, 0.717) is 0 Å². The maximum absolute atomic E-state index is 10.4. The van der Waals surface area contributed by atoms with Gasteiger partial charge in [-0.05, 0) is 0 Å². The second-order valence-electron chi connectivity index (χ2n) is 2.60. The Morgan fingerprint density at radius 3 is 2.08 bits per heavy atom. The summed E-state index contributed by atoms with van der Waals surface area (Å²) in [6.45, 7) is 0. The number of hydrogen-bond donors (Lipinski definition) is 3. The fraction of sp³-hybridized carbons (Fsp3) is 0.429. The number of aromatic nitrogens is 2. The van der Waals surface area contributed by atoms with Gasteiger partial charge in [0.05, 0.1) is 0 Å². The molecule has 0 aliphatic heterocycles. The van der Waals surface area contributed by atoms with Crippen LogP contribution in [0.15, 0.2) is 15.7 Å². The maximum Gasteiger partial charge on any atom is 0.327 e. The average Bonchev–Trinajstić information content (AvgIpc) is 2.65. The first-order chi connectivity index (χ1) is 5.68. The third-order valence-corrected chi connectivity index (χ3v) is 1.13. The number of H-pyrrole nitrogens is 2. The van der Waals surface area contributed by atoms with E-state index in [9.17, 15) is 9.59 Å². The fourth-order valence-electron chi connectivity index (χ4n) is 0.488. The highest BCUT2D eigenvalue weighted by atomic mass is 16.2. The lowest BCUT2D eigenvalue weighted by atomic mass is 10.6. The highest BCUT2D eigenvalue weighted by molar-refractivity contribution is 5.22. The molecule has 1 aliphatic carbocycles. The maximum atomic E-state index is 10.4. The van der Waals surface area contributed by atoms with E-state index >= 15 is 0 Å². The molecular weight excluding hydrogens is 158 g/mol. The number of hydrogen-bond acceptors (Lipinski definition) is 3. The number of nitrogens with one attached hydrogen (secondary N) is 2. The van der Waals surface area contributed by atoms with Crippen LogP contribution >= 0.6 is 0 Å². The van der Waals surface area contributed by atoms with Gasteiger partial charge in [-0.15, -0.1) is 0 Å². The molecule has 4 N–H and O–H groups in total. The zero-order valence-corrected chi connectivity index (χ0v) is 6.59. The monoisotopic (exact) mass is 169 g/mol. The molecule has 2 rings (SSSR count). The van der Waals surface area contributed by atoms with Crippen LogP contribution in [0.1, 0.15) is 19.3 Å². The van der Waals surface area contributed by atoms with Gasteiger partial charge in [-0.3, -0.25) is 14.8 Å². The van der Waals surface area contributed by atoms with Crippen LogP contribution in [0.3, 0.4) is 0 Å². The van der Waals surface area contributed by atoms with Gasteiger partial charge in [0.2, 0.25) is 0 Å². The zero-order chi connectivity index (χ0) is 8.97. The molecule has 5 heteroatoms. The molecule has 1 aromatic rings. The summed E-state index contributed by atoms with van der Waals surface area (Å²) in [7, 11) is 0. The molecule has 0 aromatic carbocycles. The van der Waals surface area contributed by atoms with E-state index in [0.717, 1.165) is 6.07 Å². The van der Waals surface area contributed by atoms with Crippen molar-refractivity contribution in [2.75, 3.05) is 5.73 Å². The van der Waals surface area contributed by atoms with Gasteiger partial charge in [-0.25, -0.2) is 4.79 Å². The van der Waals surface area contributed by atoms with Gasteiger partial charge in [-0.2, -0.15) is 0 Å². The van der Waals surface area contributed by atoms with Gasteiger partial charge >= 0.3 is 5.69 Å².